The zero-order valence-electron chi connectivity index (χ0n) is 12.7. The Morgan fingerprint density at radius 3 is 2.75 bits per heavy atom. The predicted octanol–water partition coefficient (Wildman–Crippen LogP) is 3.20. The molecule has 3 nitrogen and oxygen atoms in total. The van der Waals surface area contributed by atoms with Crippen LogP contribution >= 0.6 is 0 Å². The van der Waals surface area contributed by atoms with Crippen molar-refractivity contribution in [2.75, 3.05) is 25.1 Å². The lowest BCUT2D eigenvalue weighted by atomic mass is 9.91. The van der Waals surface area contributed by atoms with Gasteiger partial charge in [-0.1, -0.05) is 31.9 Å². The van der Waals surface area contributed by atoms with Gasteiger partial charge >= 0.3 is 0 Å². The second-order valence-electron chi connectivity index (χ2n) is 6.23. The van der Waals surface area contributed by atoms with Crippen LogP contribution in [0.2, 0.25) is 0 Å². The lowest BCUT2D eigenvalue weighted by Gasteiger charge is -2.47. The maximum Gasteiger partial charge on any atom is 0.142 e. The minimum atomic E-state index is 0.340. The van der Waals surface area contributed by atoms with Gasteiger partial charge < -0.3 is 15.0 Å². The van der Waals surface area contributed by atoms with E-state index in [0.29, 0.717) is 11.6 Å². The Balaban J connectivity index is 1.90. The highest BCUT2D eigenvalue weighted by Gasteiger charge is 2.41. The highest BCUT2D eigenvalue weighted by molar-refractivity contribution is 5.60. The number of piperazine rings is 1. The number of nitrogens with zero attached hydrogens (tertiary/aromatic N) is 1. The molecule has 1 saturated heterocycles. The van der Waals surface area contributed by atoms with E-state index in [2.05, 4.69) is 41.4 Å². The van der Waals surface area contributed by atoms with Crippen molar-refractivity contribution in [2.45, 2.75) is 50.6 Å². The van der Waals surface area contributed by atoms with E-state index in [1.165, 1.54) is 37.8 Å². The molecule has 20 heavy (non-hydrogen) atoms. The van der Waals surface area contributed by atoms with E-state index in [-0.39, 0.29) is 0 Å². The van der Waals surface area contributed by atoms with Gasteiger partial charge in [0.15, 0.2) is 0 Å². The van der Waals surface area contributed by atoms with Crippen molar-refractivity contribution in [1.82, 2.24) is 5.32 Å². The predicted molar refractivity (Wildman–Crippen MR) is 83.6 cm³/mol. The topological polar surface area (TPSA) is 24.5 Å². The number of rotatable bonds is 3. The molecule has 1 N–H and O–H groups in total. The SMILES string of the molecule is CCC1CNC2(CCCC2)CN1c1ccccc1OC. The minimum Gasteiger partial charge on any atom is -0.495 e. The average Bonchev–Trinajstić information content (AvgIpc) is 2.95. The molecule has 1 unspecified atom stereocenters. The molecular weight excluding hydrogens is 248 g/mol. The van der Waals surface area contributed by atoms with Gasteiger partial charge in [-0.15, -0.1) is 0 Å². The fourth-order valence-electron chi connectivity index (χ4n) is 3.86. The van der Waals surface area contributed by atoms with Gasteiger partial charge in [0.25, 0.3) is 0 Å². The lowest BCUT2D eigenvalue weighted by Crippen LogP contribution is -2.63. The van der Waals surface area contributed by atoms with Crippen LogP contribution in [0.15, 0.2) is 24.3 Å². The van der Waals surface area contributed by atoms with Crippen LogP contribution in [0.3, 0.4) is 0 Å². The molecule has 3 rings (SSSR count). The number of hydrogen-bond donors (Lipinski definition) is 1. The largest absolute Gasteiger partial charge is 0.495 e. The van der Waals surface area contributed by atoms with Crippen LogP contribution in [0, 0.1) is 0 Å². The van der Waals surface area contributed by atoms with E-state index in [1.54, 1.807) is 7.11 Å². The van der Waals surface area contributed by atoms with Gasteiger partial charge in [0.1, 0.15) is 5.75 Å². The molecule has 1 saturated carbocycles. The summed E-state index contributed by atoms with van der Waals surface area (Å²) in [5.41, 5.74) is 1.60. The summed E-state index contributed by atoms with van der Waals surface area (Å²) >= 11 is 0. The number of anilines is 1. The van der Waals surface area contributed by atoms with Gasteiger partial charge in [-0.25, -0.2) is 0 Å². The molecule has 0 radical (unpaired) electrons. The molecule has 0 amide bonds. The van der Waals surface area contributed by atoms with E-state index in [1.807, 2.05) is 0 Å². The molecule has 1 heterocycles. The third-order valence-electron chi connectivity index (χ3n) is 5.05. The number of benzene rings is 1. The summed E-state index contributed by atoms with van der Waals surface area (Å²) in [5, 5.41) is 3.85. The summed E-state index contributed by atoms with van der Waals surface area (Å²) in [6, 6.07) is 9.02. The molecule has 3 heteroatoms. The molecule has 1 atom stereocenters. The van der Waals surface area contributed by atoms with Gasteiger partial charge in [0.2, 0.25) is 0 Å². The average molecular weight is 274 g/mol. The Morgan fingerprint density at radius 2 is 2.05 bits per heavy atom. The van der Waals surface area contributed by atoms with Crippen molar-refractivity contribution in [3.63, 3.8) is 0 Å². The fourth-order valence-corrected chi connectivity index (χ4v) is 3.86. The van der Waals surface area contributed by atoms with Crippen molar-refractivity contribution in [2.24, 2.45) is 0 Å². The highest BCUT2D eigenvalue weighted by Crippen LogP contribution is 2.38. The van der Waals surface area contributed by atoms with E-state index in [9.17, 15) is 0 Å². The molecule has 2 aliphatic rings. The molecular formula is C17H26N2O. The van der Waals surface area contributed by atoms with Crippen LogP contribution in [0.5, 0.6) is 5.75 Å². The first-order valence-electron chi connectivity index (χ1n) is 7.93. The molecule has 1 aliphatic carbocycles. The summed E-state index contributed by atoms with van der Waals surface area (Å²) in [6.07, 6.45) is 6.53. The van der Waals surface area contributed by atoms with Gasteiger partial charge in [0.05, 0.1) is 12.8 Å². The number of ether oxygens (including phenoxy) is 1. The van der Waals surface area contributed by atoms with Gasteiger partial charge in [0, 0.05) is 24.7 Å². The van der Waals surface area contributed by atoms with Crippen LogP contribution < -0.4 is 15.0 Å². The lowest BCUT2D eigenvalue weighted by molar-refractivity contribution is 0.266. The summed E-state index contributed by atoms with van der Waals surface area (Å²) in [5.74, 6) is 1.00. The van der Waals surface area contributed by atoms with E-state index >= 15 is 0 Å². The molecule has 1 aromatic rings. The standard InChI is InChI=1S/C17H26N2O/c1-3-14-12-18-17(10-6-7-11-17)13-19(14)15-8-4-5-9-16(15)20-2/h4-5,8-9,14,18H,3,6-7,10-13H2,1-2H3. The van der Waals surface area contributed by atoms with E-state index in [4.69, 9.17) is 4.74 Å². The molecule has 1 spiro atoms. The third kappa shape index (κ3) is 2.39. The number of methoxy groups -OCH3 is 1. The molecule has 110 valence electrons. The van der Waals surface area contributed by atoms with Gasteiger partial charge in [-0.05, 0) is 31.4 Å². The highest BCUT2D eigenvalue weighted by atomic mass is 16.5. The normalized spacial score (nSPS) is 25.1. The van der Waals surface area contributed by atoms with Gasteiger partial charge in [-0.2, -0.15) is 0 Å². The smallest absolute Gasteiger partial charge is 0.142 e. The number of para-hydroxylation sites is 2. The van der Waals surface area contributed by atoms with Crippen molar-refractivity contribution >= 4 is 5.69 Å². The number of nitrogens with one attached hydrogen (secondary N) is 1. The van der Waals surface area contributed by atoms with Crippen LogP contribution in [-0.4, -0.2) is 31.8 Å². The van der Waals surface area contributed by atoms with Crippen LogP contribution in [0.25, 0.3) is 0 Å². The van der Waals surface area contributed by atoms with Crippen LogP contribution in [-0.2, 0) is 0 Å². The molecule has 0 bridgehead atoms. The summed E-state index contributed by atoms with van der Waals surface area (Å²) in [4.78, 5) is 2.58. The van der Waals surface area contributed by atoms with Gasteiger partial charge in [-0.3, -0.25) is 0 Å². The Morgan fingerprint density at radius 1 is 1.30 bits per heavy atom. The third-order valence-corrected chi connectivity index (χ3v) is 5.05. The number of hydrogen-bond acceptors (Lipinski definition) is 3. The first-order chi connectivity index (χ1) is 9.78. The minimum absolute atomic E-state index is 0.340. The molecule has 1 aliphatic heterocycles. The maximum absolute atomic E-state index is 5.58. The zero-order valence-corrected chi connectivity index (χ0v) is 12.7. The summed E-state index contributed by atoms with van der Waals surface area (Å²) < 4.78 is 5.58. The monoisotopic (exact) mass is 274 g/mol. The van der Waals surface area contributed by atoms with E-state index < -0.39 is 0 Å². The molecule has 1 aromatic carbocycles. The van der Waals surface area contributed by atoms with Crippen LogP contribution in [0.1, 0.15) is 39.0 Å². The Labute approximate surface area is 122 Å². The quantitative estimate of drug-likeness (QED) is 0.916. The first kappa shape index (κ1) is 13.7. The Kier molecular flexibility index (Phi) is 3.88. The van der Waals surface area contributed by atoms with Crippen molar-refractivity contribution in [3.8, 4) is 5.75 Å². The van der Waals surface area contributed by atoms with Crippen LogP contribution in [0.4, 0.5) is 5.69 Å². The van der Waals surface area contributed by atoms with Crippen molar-refractivity contribution < 1.29 is 4.74 Å². The zero-order chi connectivity index (χ0) is 14.0. The second-order valence-corrected chi connectivity index (χ2v) is 6.23. The Hall–Kier alpha value is -1.22. The fraction of sp³-hybridized carbons (Fsp3) is 0.647. The summed E-state index contributed by atoms with van der Waals surface area (Å²) in [7, 11) is 1.77. The summed E-state index contributed by atoms with van der Waals surface area (Å²) in [6.45, 7) is 4.49. The maximum atomic E-state index is 5.58. The van der Waals surface area contributed by atoms with Crippen molar-refractivity contribution in [1.29, 1.82) is 0 Å². The van der Waals surface area contributed by atoms with E-state index in [0.717, 1.165) is 18.8 Å². The molecule has 2 fully saturated rings. The first-order valence-corrected chi connectivity index (χ1v) is 7.93. The second kappa shape index (κ2) is 5.65. The Bertz CT molecular complexity index is 454. The molecule has 0 aromatic heterocycles. The van der Waals surface area contributed by atoms with Crippen molar-refractivity contribution in [3.05, 3.63) is 24.3 Å².